The molecule has 2 aromatic heterocycles. The van der Waals surface area contributed by atoms with E-state index in [1.807, 2.05) is 25.4 Å². The predicted molar refractivity (Wildman–Crippen MR) is 122 cm³/mol. The number of benzene rings is 1. The van der Waals surface area contributed by atoms with E-state index < -0.39 is 0 Å². The average Bonchev–Trinajstić information content (AvgIpc) is 3.50. The molecule has 0 unspecified atom stereocenters. The molecule has 0 bridgehead atoms. The van der Waals surface area contributed by atoms with Gasteiger partial charge in [0.1, 0.15) is 5.82 Å². The lowest BCUT2D eigenvalue weighted by Crippen LogP contribution is -2.32. The summed E-state index contributed by atoms with van der Waals surface area (Å²) in [6.07, 6.45) is 4.91. The van der Waals surface area contributed by atoms with Gasteiger partial charge in [0.25, 0.3) is 0 Å². The summed E-state index contributed by atoms with van der Waals surface area (Å²) in [5, 5.41) is 12.6. The largest absolute Gasteiger partial charge is 0.376 e. The van der Waals surface area contributed by atoms with Crippen LogP contribution < -0.4 is 5.32 Å². The first-order valence-electron chi connectivity index (χ1n) is 10.6. The van der Waals surface area contributed by atoms with E-state index in [1.165, 1.54) is 22.9 Å². The number of nitrogens with one attached hydrogen (secondary N) is 1. The maximum absolute atomic E-state index is 12.4. The summed E-state index contributed by atoms with van der Waals surface area (Å²) in [7, 11) is 2.03. The number of aryl methyl sites for hydroxylation is 2. The number of carbonyl (C=O) groups is 1. The van der Waals surface area contributed by atoms with Gasteiger partial charge < -0.3 is 14.6 Å². The molecule has 164 valence electrons. The molecule has 0 spiro atoms. The number of ether oxygens (including phenoxy) is 1. The molecular formula is C23H29N5O2S. The van der Waals surface area contributed by atoms with Crippen molar-refractivity contribution >= 4 is 17.7 Å². The van der Waals surface area contributed by atoms with Crippen LogP contribution in [0, 0.1) is 13.8 Å². The number of thioether (sulfide) groups is 1. The molecule has 4 rings (SSSR count). The highest BCUT2D eigenvalue weighted by atomic mass is 32.2. The van der Waals surface area contributed by atoms with Crippen molar-refractivity contribution in [3.8, 4) is 5.69 Å². The van der Waals surface area contributed by atoms with Gasteiger partial charge in [-0.2, -0.15) is 0 Å². The number of rotatable bonds is 8. The summed E-state index contributed by atoms with van der Waals surface area (Å²) in [4.78, 5) is 12.4. The fourth-order valence-corrected chi connectivity index (χ4v) is 4.58. The molecule has 1 aliphatic heterocycles. The lowest BCUT2D eigenvalue weighted by atomic mass is 10.1. The molecule has 31 heavy (non-hydrogen) atoms. The topological polar surface area (TPSA) is 74.0 Å². The number of hydrogen-bond donors (Lipinski definition) is 1. The highest BCUT2D eigenvalue weighted by molar-refractivity contribution is 7.99. The van der Waals surface area contributed by atoms with E-state index in [4.69, 9.17) is 4.74 Å². The van der Waals surface area contributed by atoms with Crippen LogP contribution in [0.3, 0.4) is 0 Å². The Morgan fingerprint density at radius 2 is 2.13 bits per heavy atom. The van der Waals surface area contributed by atoms with E-state index in [0.29, 0.717) is 18.7 Å². The van der Waals surface area contributed by atoms with Gasteiger partial charge in [0, 0.05) is 38.5 Å². The first-order chi connectivity index (χ1) is 15.0. The minimum absolute atomic E-state index is 0.0139. The Kier molecular flexibility index (Phi) is 6.77. The van der Waals surface area contributed by atoms with Gasteiger partial charge >= 0.3 is 0 Å². The molecule has 1 aliphatic rings. The SMILES string of the molecule is Cc1cccc(-n2c(Cc3cccn3C)nnc2SCC(=O)NC[C@@H]2CCCO2)c1C. The van der Waals surface area contributed by atoms with Gasteiger partial charge in [-0.1, -0.05) is 23.9 Å². The second kappa shape index (κ2) is 9.70. The second-order valence-corrected chi connectivity index (χ2v) is 8.91. The zero-order chi connectivity index (χ0) is 21.8. The first kappa shape index (κ1) is 21.6. The van der Waals surface area contributed by atoms with E-state index >= 15 is 0 Å². The summed E-state index contributed by atoms with van der Waals surface area (Å²) in [6, 6.07) is 10.4. The van der Waals surface area contributed by atoms with Crippen molar-refractivity contribution in [2.45, 2.75) is 44.4 Å². The third-order valence-corrected chi connectivity index (χ3v) is 6.72. The summed E-state index contributed by atoms with van der Waals surface area (Å²) >= 11 is 1.41. The monoisotopic (exact) mass is 439 g/mol. The van der Waals surface area contributed by atoms with E-state index in [-0.39, 0.29) is 12.0 Å². The summed E-state index contributed by atoms with van der Waals surface area (Å²) in [5.74, 6) is 1.14. The Balaban J connectivity index is 1.54. The molecule has 1 aromatic carbocycles. The highest BCUT2D eigenvalue weighted by Gasteiger charge is 2.20. The lowest BCUT2D eigenvalue weighted by Gasteiger charge is -2.15. The smallest absolute Gasteiger partial charge is 0.230 e. The Labute approximate surface area is 187 Å². The predicted octanol–water partition coefficient (Wildman–Crippen LogP) is 3.20. The molecule has 7 nitrogen and oxygen atoms in total. The van der Waals surface area contributed by atoms with Gasteiger partial charge in [0.2, 0.25) is 5.91 Å². The van der Waals surface area contributed by atoms with Crippen LogP contribution in [-0.4, -0.2) is 50.2 Å². The van der Waals surface area contributed by atoms with Gasteiger partial charge in [-0.3, -0.25) is 9.36 Å². The Hall–Kier alpha value is -2.58. The molecule has 1 N–H and O–H groups in total. The van der Waals surface area contributed by atoms with E-state index in [1.54, 1.807) is 0 Å². The molecule has 3 aromatic rings. The standard InChI is InChI=1S/C23H29N5O2S/c1-16-7-4-10-20(17(16)2)28-21(13-18-8-5-11-27(18)3)25-26-23(28)31-15-22(29)24-14-19-9-6-12-30-19/h4-5,7-8,10-11,19H,6,9,12-15H2,1-3H3,(H,24,29)/t19-/m0/s1. The van der Waals surface area contributed by atoms with Crippen molar-refractivity contribution in [3.63, 3.8) is 0 Å². The Bertz CT molecular complexity index is 1050. The maximum Gasteiger partial charge on any atom is 0.230 e. The summed E-state index contributed by atoms with van der Waals surface area (Å²) in [6.45, 7) is 5.57. The van der Waals surface area contributed by atoms with Crippen LogP contribution in [0.5, 0.6) is 0 Å². The van der Waals surface area contributed by atoms with Crippen molar-refractivity contribution in [1.82, 2.24) is 24.6 Å². The van der Waals surface area contributed by atoms with Crippen LogP contribution in [0.4, 0.5) is 0 Å². The van der Waals surface area contributed by atoms with Crippen LogP contribution in [0.1, 0.15) is 35.5 Å². The van der Waals surface area contributed by atoms with Gasteiger partial charge in [-0.25, -0.2) is 0 Å². The van der Waals surface area contributed by atoms with E-state index in [0.717, 1.165) is 41.8 Å². The summed E-state index contributed by atoms with van der Waals surface area (Å²) < 4.78 is 9.76. The number of aromatic nitrogens is 4. The maximum atomic E-state index is 12.4. The van der Waals surface area contributed by atoms with Crippen LogP contribution in [-0.2, 0) is 23.0 Å². The third-order valence-electron chi connectivity index (χ3n) is 5.79. The Morgan fingerprint density at radius 3 is 2.87 bits per heavy atom. The summed E-state index contributed by atoms with van der Waals surface area (Å²) in [5.41, 5.74) is 4.60. The van der Waals surface area contributed by atoms with Crippen molar-refractivity contribution in [3.05, 3.63) is 59.2 Å². The molecule has 1 fully saturated rings. The molecular weight excluding hydrogens is 410 g/mol. The second-order valence-electron chi connectivity index (χ2n) is 7.97. The molecule has 1 amide bonds. The number of nitrogens with zero attached hydrogens (tertiary/aromatic N) is 4. The van der Waals surface area contributed by atoms with Crippen molar-refractivity contribution < 1.29 is 9.53 Å². The highest BCUT2D eigenvalue weighted by Crippen LogP contribution is 2.27. The molecule has 1 saturated heterocycles. The molecule has 3 heterocycles. The van der Waals surface area contributed by atoms with E-state index in [2.05, 4.69) is 56.7 Å². The van der Waals surface area contributed by atoms with Gasteiger partial charge in [0.15, 0.2) is 5.16 Å². The zero-order valence-electron chi connectivity index (χ0n) is 18.3. The lowest BCUT2D eigenvalue weighted by molar-refractivity contribution is -0.119. The number of hydrogen-bond acceptors (Lipinski definition) is 5. The molecule has 0 aliphatic carbocycles. The van der Waals surface area contributed by atoms with Gasteiger partial charge in [-0.05, 0) is 56.0 Å². The number of amides is 1. The van der Waals surface area contributed by atoms with Gasteiger partial charge in [0.05, 0.1) is 17.5 Å². The van der Waals surface area contributed by atoms with Crippen molar-refractivity contribution in [2.24, 2.45) is 7.05 Å². The average molecular weight is 440 g/mol. The molecule has 1 atom stereocenters. The van der Waals surface area contributed by atoms with E-state index in [9.17, 15) is 4.79 Å². The Morgan fingerprint density at radius 1 is 1.26 bits per heavy atom. The molecule has 8 heteroatoms. The minimum Gasteiger partial charge on any atom is -0.376 e. The minimum atomic E-state index is -0.0139. The first-order valence-corrected chi connectivity index (χ1v) is 11.6. The van der Waals surface area contributed by atoms with Gasteiger partial charge in [-0.15, -0.1) is 10.2 Å². The number of carbonyl (C=O) groups excluding carboxylic acids is 1. The zero-order valence-corrected chi connectivity index (χ0v) is 19.1. The van der Waals surface area contributed by atoms with Crippen LogP contribution in [0.2, 0.25) is 0 Å². The van der Waals surface area contributed by atoms with Crippen LogP contribution >= 0.6 is 11.8 Å². The molecule has 0 saturated carbocycles. The fraction of sp³-hybridized carbons (Fsp3) is 0.435. The van der Waals surface area contributed by atoms with Crippen molar-refractivity contribution in [2.75, 3.05) is 18.9 Å². The molecule has 0 radical (unpaired) electrons. The quantitative estimate of drug-likeness (QED) is 0.546. The third kappa shape index (κ3) is 5.02. The normalized spacial score (nSPS) is 16.0. The van der Waals surface area contributed by atoms with Crippen LogP contribution in [0.25, 0.3) is 5.69 Å². The fourth-order valence-electron chi connectivity index (χ4n) is 3.78. The van der Waals surface area contributed by atoms with Crippen molar-refractivity contribution in [1.29, 1.82) is 0 Å². The van der Waals surface area contributed by atoms with Crippen LogP contribution in [0.15, 0.2) is 41.7 Å².